The van der Waals surface area contributed by atoms with Crippen molar-refractivity contribution in [2.45, 2.75) is 0 Å². The van der Waals surface area contributed by atoms with Crippen LogP contribution in [0, 0.1) is 10.7 Å². The molecule has 0 bridgehead atoms. The number of halogens is 5. The molecule has 0 aliphatic rings. The van der Waals surface area contributed by atoms with Gasteiger partial charge in [0.2, 0.25) is 0 Å². The Morgan fingerprint density at radius 2 is 1.24 bits per heavy atom. The minimum atomic E-state index is -1.71. The van der Waals surface area contributed by atoms with E-state index in [1.165, 1.54) is 0 Å². The number of amides is 1. The number of anilines is 1. The Morgan fingerprint density at radius 1 is 0.857 bits per heavy atom. The summed E-state index contributed by atoms with van der Waals surface area (Å²) < 4.78 is 0.671. The maximum Gasteiger partial charge on any atom is 0.394 e. The highest BCUT2D eigenvalue weighted by atomic mass is 127. The molecule has 1 aromatic carbocycles. The quantitative estimate of drug-likeness (QED) is 0.293. The standard InChI is InChI=1S/C10H2Cl2I3NO5/c11-7(17)1-3(13)2(8(12)18)5(15)6(4(1)14)16-9(19)10(20)21/h(H,16,19)(H,20,21). The van der Waals surface area contributed by atoms with E-state index >= 15 is 0 Å². The molecule has 1 aromatic rings. The first kappa shape index (κ1) is 19.3. The van der Waals surface area contributed by atoms with Gasteiger partial charge in [-0.05, 0) is 91.0 Å². The molecule has 0 spiro atoms. The van der Waals surface area contributed by atoms with Gasteiger partial charge in [-0.15, -0.1) is 0 Å². The van der Waals surface area contributed by atoms with Gasteiger partial charge in [-0.2, -0.15) is 0 Å². The van der Waals surface area contributed by atoms with Gasteiger partial charge in [-0.1, -0.05) is 0 Å². The number of carbonyl (C=O) groups is 4. The number of hydrogen-bond acceptors (Lipinski definition) is 4. The van der Waals surface area contributed by atoms with Crippen LogP contribution >= 0.6 is 91.0 Å². The predicted octanol–water partition coefficient (Wildman–Crippen LogP) is 3.28. The van der Waals surface area contributed by atoms with Crippen LogP contribution in [0.2, 0.25) is 0 Å². The lowest BCUT2D eigenvalue weighted by Crippen LogP contribution is -2.24. The lowest BCUT2D eigenvalue weighted by atomic mass is 10.1. The molecule has 0 atom stereocenters. The number of benzene rings is 1. The zero-order valence-electron chi connectivity index (χ0n) is 9.47. The zero-order chi connectivity index (χ0) is 16.5. The molecule has 1 amide bonds. The van der Waals surface area contributed by atoms with E-state index in [0.29, 0.717) is 0 Å². The molecule has 0 saturated heterocycles. The van der Waals surface area contributed by atoms with Crippen molar-refractivity contribution >= 4 is 119 Å². The van der Waals surface area contributed by atoms with E-state index in [4.69, 9.17) is 28.3 Å². The third-order valence-corrected chi connectivity index (χ3v) is 5.76. The van der Waals surface area contributed by atoms with Gasteiger partial charge >= 0.3 is 11.9 Å². The second kappa shape index (κ2) is 7.70. The summed E-state index contributed by atoms with van der Waals surface area (Å²) in [6.07, 6.45) is 0. The van der Waals surface area contributed by atoms with E-state index in [9.17, 15) is 19.2 Å². The van der Waals surface area contributed by atoms with Crippen LogP contribution < -0.4 is 5.32 Å². The van der Waals surface area contributed by atoms with Crippen molar-refractivity contribution in [3.05, 3.63) is 21.8 Å². The Kier molecular flexibility index (Phi) is 7.08. The maximum absolute atomic E-state index is 11.5. The van der Waals surface area contributed by atoms with Crippen LogP contribution in [-0.4, -0.2) is 27.5 Å². The number of carbonyl (C=O) groups excluding carboxylic acids is 3. The van der Waals surface area contributed by atoms with Gasteiger partial charge in [0.05, 0.1) is 24.0 Å². The van der Waals surface area contributed by atoms with Crippen LogP contribution in [0.15, 0.2) is 0 Å². The van der Waals surface area contributed by atoms with Crippen molar-refractivity contribution in [2.24, 2.45) is 0 Å². The molecule has 21 heavy (non-hydrogen) atoms. The normalized spacial score (nSPS) is 10.1. The first-order chi connectivity index (χ1) is 9.59. The van der Waals surface area contributed by atoms with Crippen molar-refractivity contribution in [1.29, 1.82) is 0 Å². The highest BCUT2D eigenvalue weighted by Gasteiger charge is 2.28. The molecular formula is C10H2Cl2I3NO5. The van der Waals surface area contributed by atoms with Crippen LogP contribution in [0.5, 0.6) is 0 Å². The van der Waals surface area contributed by atoms with Crippen molar-refractivity contribution in [1.82, 2.24) is 0 Å². The van der Waals surface area contributed by atoms with Gasteiger partial charge in [0.1, 0.15) is 0 Å². The third kappa shape index (κ3) is 4.17. The summed E-state index contributed by atoms with van der Waals surface area (Å²) in [5, 5.41) is 9.04. The summed E-state index contributed by atoms with van der Waals surface area (Å²) in [5.74, 6) is -3.02. The largest absolute Gasteiger partial charge is 0.474 e. The van der Waals surface area contributed by atoms with Crippen molar-refractivity contribution in [3.8, 4) is 0 Å². The Morgan fingerprint density at radius 3 is 1.52 bits per heavy atom. The first-order valence-corrected chi connectivity index (χ1v) is 8.73. The average Bonchev–Trinajstić information content (AvgIpc) is 2.32. The van der Waals surface area contributed by atoms with Gasteiger partial charge in [0.15, 0.2) is 0 Å². The van der Waals surface area contributed by atoms with Crippen LogP contribution in [0.25, 0.3) is 0 Å². The lowest BCUT2D eigenvalue weighted by molar-refractivity contribution is -0.147. The Bertz CT molecular complexity index is 651. The Hall–Kier alpha value is 0.270. The van der Waals surface area contributed by atoms with Gasteiger partial charge in [0, 0.05) is 3.57 Å². The Balaban J connectivity index is 3.71. The summed E-state index contributed by atoms with van der Waals surface area (Å²) in [5.41, 5.74) is -0.0528. The second-order valence-electron chi connectivity index (χ2n) is 3.37. The molecule has 0 aromatic heterocycles. The zero-order valence-corrected chi connectivity index (χ0v) is 17.5. The fraction of sp³-hybridized carbons (Fsp3) is 0. The van der Waals surface area contributed by atoms with E-state index in [2.05, 4.69) is 5.32 Å². The first-order valence-electron chi connectivity index (χ1n) is 4.74. The SMILES string of the molecule is O=C(O)C(=O)Nc1c(I)c(C(=O)Cl)c(I)c(C(=O)Cl)c1I. The van der Waals surface area contributed by atoms with Crippen molar-refractivity contribution in [3.63, 3.8) is 0 Å². The maximum atomic E-state index is 11.5. The van der Waals surface area contributed by atoms with E-state index in [-0.39, 0.29) is 27.5 Å². The lowest BCUT2D eigenvalue weighted by Gasteiger charge is -2.15. The van der Waals surface area contributed by atoms with Crippen LogP contribution in [-0.2, 0) is 9.59 Å². The van der Waals surface area contributed by atoms with Gasteiger partial charge in [-0.25, -0.2) is 4.79 Å². The van der Waals surface area contributed by atoms with Crippen LogP contribution in [0.1, 0.15) is 20.7 Å². The minimum Gasteiger partial charge on any atom is -0.474 e. The monoisotopic (exact) mass is 667 g/mol. The molecule has 0 saturated carbocycles. The van der Waals surface area contributed by atoms with E-state index in [1.807, 2.05) is 0 Å². The molecule has 0 aliphatic heterocycles. The molecule has 0 heterocycles. The molecular weight excluding hydrogens is 666 g/mol. The van der Waals surface area contributed by atoms with Gasteiger partial charge < -0.3 is 10.4 Å². The molecule has 112 valence electrons. The summed E-state index contributed by atoms with van der Waals surface area (Å²) >= 11 is 16.2. The number of nitrogens with one attached hydrogen (secondary N) is 1. The molecule has 6 nitrogen and oxygen atoms in total. The summed E-state index contributed by atoms with van der Waals surface area (Å²) in [4.78, 5) is 45.0. The number of carboxylic acid groups (broad SMARTS) is 1. The molecule has 0 unspecified atom stereocenters. The number of aliphatic carboxylic acids is 1. The molecule has 0 fully saturated rings. The second-order valence-corrected chi connectivity index (χ2v) is 7.30. The molecule has 1 rings (SSSR count). The fourth-order valence-electron chi connectivity index (χ4n) is 1.29. The van der Waals surface area contributed by atoms with Gasteiger partial charge in [0.25, 0.3) is 10.5 Å². The van der Waals surface area contributed by atoms with Gasteiger partial charge in [-0.3, -0.25) is 14.4 Å². The molecule has 11 heteroatoms. The number of hydrogen-bond donors (Lipinski definition) is 2. The fourth-order valence-corrected chi connectivity index (χ4v) is 6.72. The van der Waals surface area contributed by atoms with Crippen LogP contribution in [0.4, 0.5) is 5.69 Å². The topological polar surface area (TPSA) is 101 Å². The Labute approximate surface area is 168 Å². The van der Waals surface area contributed by atoms with E-state index in [1.54, 1.807) is 67.8 Å². The molecule has 2 N–H and O–H groups in total. The summed E-state index contributed by atoms with van der Waals surface area (Å²) in [6.45, 7) is 0. The predicted molar refractivity (Wildman–Crippen MR) is 101 cm³/mol. The average molecular weight is 668 g/mol. The number of rotatable bonds is 3. The van der Waals surface area contributed by atoms with Crippen molar-refractivity contribution < 1.29 is 24.3 Å². The van der Waals surface area contributed by atoms with Crippen LogP contribution in [0.3, 0.4) is 0 Å². The third-order valence-electron chi connectivity index (χ3n) is 2.14. The summed E-state index contributed by atoms with van der Waals surface area (Å²) in [6, 6.07) is 0. The van der Waals surface area contributed by atoms with E-state index < -0.39 is 22.4 Å². The highest BCUT2D eigenvalue weighted by molar-refractivity contribution is 14.1. The molecule has 0 aliphatic carbocycles. The highest BCUT2D eigenvalue weighted by Crippen LogP contribution is 2.37. The number of carboxylic acids is 1. The van der Waals surface area contributed by atoms with Crippen molar-refractivity contribution in [2.75, 3.05) is 5.32 Å². The molecule has 0 radical (unpaired) electrons. The minimum absolute atomic E-state index is 0.00276. The van der Waals surface area contributed by atoms with E-state index in [0.717, 1.165) is 0 Å². The summed E-state index contributed by atoms with van der Waals surface area (Å²) in [7, 11) is 0. The smallest absolute Gasteiger partial charge is 0.394 e.